The van der Waals surface area contributed by atoms with E-state index < -0.39 is 0 Å². The van der Waals surface area contributed by atoms with Crippen molar-refractivity contribution in [2.45, 2.75) is 71.9 Å². The van der Waals surface area contributed by atoms with Crippen molar-refractivity contribution in [1.29, 1.82) is 0 Å². The Hall–Kier alpha value is -4.72. The zero-order valence-electron chi connectivity index (χ0n) is 26.1. The number of benzene rings is 2. The molecule has 230 valence electrons. The van der Waals surface area contributed by atoms with Crippen LogP contribution in [0, 0.1) is 0 Å². The molecule has 0 saturated carbocycles. The van der Waals surface area contributed by atoms with E-state index in [9.17, 15) is 4.79 Å². The van der Waals surface area contributed by atoms with E-state index in [1.54, 1.807) is 6.20 Å². The molecule has 0 aliphatic rings. The standard InChI is InChI=1S/C36H45N7O/c1-5-8-10-11-12-16-35(44)41-36(37)28-17-20-30(21-18-28)39-26-34-40-31-25-29(19-22-32(31)42(34)7-3)27(4)43(24-9-6-2)33-15-13-14-23-38-33/h6,13-15,17-23,25,39H,2,4-5,7-12,16,24,26H2,1,3H3,(H2,37,41,44). The first kappa shape index (κ1) is 32.2. The van der Waals surface area contributed by atoms with Crippen LogP contribution in [0.5, 0.6) is 0 Å². The van der Waals surface area contributed by atoms with Crippen LogP contribution in [0.3, 0.4) is 0 Å². The van der Waals surface area contributed by atoms with E-state index >= 15 is 0 Å². The van der Waals surface area contributed by atoms with Crippen molar-refractivity contribution < 1.29 is 4.79 Å². The number of amidine groups is 1. The number of imidazole rings is 1. The number of carbonyl (C=O) groups excluding carboxylic acids is 1. The highest BCUT2D eigenvalue weighted by atomic mass is 16.1. The van der Waals surface area contributed by atoms with E-state index in [4.69, 9.17) is 10.7 Å². The highest BCUT2D eigenvalue weighted by Crippen LogP contribution is 2.27. The van der Waals surface area contributed by atoms with Gasteiger partial charge >= 0.3 is 0 Å². The van der Waals surface area contributed by atoms with Gasteiger partial charge in [-0.1, -0.05) is 57.4 Å². The van der Waals surface area contributed by atoms with Crippen molar-refractivity contribution >= 4 is 40.0 Å². The van der Waals surface area contributed by atoms with Gasteiger partial charge in [-0.3, -0.25) is 4.79 Å². The number of anilines is 2. The van der Waals surface area contributed by atoms with E-state index in [0.717, 1.165) is 84.0 Å². The molecule has 4 aromatic rings. The molecule has 0 atom stereocenters. The van der Waals surface area contributed by atoms with Gasteiger partial charge < -0.3 is 20.5 Å². The second kappa shape index (κ2) is 16.2. The van der Waals surface area contributed by atoms with Crippen molar-refractivity contribution in [3.8, 4) is 0 Å². The molecule has 2 aromatic heterocycles. The average molecular weight is 592 g/mol. The summed E-state index contributed by atoms with van der Waals surface area (Å²) >= 11 is 0. The van der Waals surface area contributed by atoms with Crippen molar-refractivity contribution in [2.24, 2.45) is 10.7 Å². The molecule has 0 spiro atoms. The number of hydrogen-bond donors (Lipinski definition) is 2. The van der Waals surface area contributed by atoms with Crippen LogP contribution in [-0.2, 0) is 17.9 Å². The van der Waals surface area contributed by atoms with Crippen LogP contribution in [0.15, 0.2) is 91.1 Å². The molecule has 1 amide bonds. The van der Waals surface area contributed by atoms with Gasteiger partial charge in [0.05, 0.1) is 17.6 Å². The number of nitrogens with two attached hydrogens (primary N) is 1. The predicted octanol–water partition coefficient (Wildman–Crippen LogP) is 7.71. The molecule has 0 bridgehead atoms. The van der Waals surface area contributed by atoms with E-state index in [1.165, 1.54) is 12.8 Å². The van der Waals surface area contributed by atoms with E-state index in [-0.39, 0.29) is 11.7 Å². The third kappa shape index (κ3) is 8.43. The van der Waals surface area contributed by atoms with Crippen LogP contribution < -0.4 is 16.0 Å². The summed E-state index contributed by atoms with van der Waals surface area (Å²) in [5, 5.41) is 3.47. The fourth-order valence-electron chi connectivity index (χ4n) is 5.20. The van der Waals surface area contributed by atoms with Gasteiger partial charge in [0.25, 0.3) is 0 Å². The summed E-state index contributed by atoms with van der Waals surface area (Å²) in [6.45, 7) is 14.7. The van der Waals surface area contributed by atoms with Crippen molar-refractivity contribution in [2.75, 3.05) is 16.8 Å². The van der Waals surface area contributed by atoms with Gasteiger partial charge in [0.2, 0.25) is 5.91 Å². The molecule has 0 aliphatic heterocycles. The summed E-state index contributed by atoms with van der Waals surface area (Å²) < 4.78 is 2.22. The molecule has 44 heavy (non-hydrogen) atoms. The number of pyridine rings is 1. The molecule has 2 aromatic carbocycles. The van der Waals surface area contributed by atoms with Gasteiger partial charge in [0.1, 0.15) is 17.5 Å². The largest absolute Gasteiger partial charge is 0.383 e. The maximum Gasteiger partial charge on any atom is 0.247 e. The van der Waals surface area contributed by atoms with Crippen molar-refractivity contribution in [3.05, 3.63) is 103 Å². The summed E-state index contributed by atoms with van der Waals surface area (Å²) in [4.78, 5) is 28.0. The molecule has 0 fully saturated rings. The Labute approximate surface area is 261 Å². The van der Waals surface area contributed by atoms with Crippen molar-refractivity contribution in [3.63, 3.8) is 0 Å². The van der Waals surface area contributed by atoms with Crippen LogP contribution >= 0.6 is 0 Å². The van der Waals surface area contributed by atoms with Gasteiger partial charge in [-0.15, -0.1) is 6.58 Å². The van der Waals surface area contributed by atoms with Crippen LogP contribution in [0.1, 0.15) is 75.7 Å². The highest BCUT2D eigenvalue weighted by Gasteiger charge is 2.16. The van der Waals surface area contributed by atoms with Crippen molar-refractivity contribution in [1.82, 2.24) is 14.5 Å². The number of hydrogen-bond acceptors (Lipinski definition) is 5. The molecule has 0 saturated heterocycles. The quantitative estimate of drug-likeness (QED) is 0.0564. The van der Waals surface area contributed by atoms with Crippen LogP contribution in [0.2, 0.25) is 0 Å². The van der Waals surface area contributed by atoms with Gasteiger partial charge in [0.15, 0.2) is 0 Å². The second-order valence-electron chi connectivity index (χ2n) is 10.8. The summed E-state index contributed by atoms with van der Waals surface area (Å²) in [5.41, 5.74) is 11.7. The van der Waals surface area contributed by atoms with E-state index in [1.807, 2.05) is 48.5 Å². The minimum absolute atomic E-state index is 0.160. The van der Waals surface area contributed by atoms with Gasteiger partial charge in [-0.25, -0.2) is 9.97 Å². The number of nitrogens with zero attached hydrogens (tertiary/aromatic N) is 5. The average Bonchev–Trinajstić information content (AvgIpc) is 3.41. The highest BCUT2D eigenvalue weighted by molar-refractivity contribution is 6.04. The van der Waals surface area contributed by atoms with E-state index in [0.29, 0.717) is 13.0 Å². The summed E-state index contributed by atoms with van der Waals surface area (Å²) in [6, 6.07) is 19.9. The molecule has 2 heterocycles. The van der Waals surface area contributed by atoms with Gasteiger partial charge in [-0.05, 0) is 73.9 Å². The molecule has 3 N–H and O–H groups in total. The number of aromatic nitrogens is 3. The number of carbonyl (C=O) groups is 1. The minimum atomic E-state index is -0.160. The summed E-state index contributed by atoms with van der Waals surface area (Å²) in [7, 11) is 0. The summed E-state index contributed by atoms with van der Waals surface area (Å²) in [5.74, 6) is 1.89. The minimum Gasteiger partial charge on any atom is -0.383 e. The SMILES string of the molecule is C=CCCN(C(=C)c1ccc2c(c1)nc(CNc1ccc(C(N)=NC(=O)CCCCCCC)cc1)n2CC)c1ccccn1. The smallest absolute Gasteiger partial charge is 0.247 e. The monoisotopic (exact) mass is 591 g/mol. The molecule has 4 rings (SSSR count). The molecule has 8 heteroatoms. The Kier molecular flexibility index (Phi) is 11.9. The van der Waals surface area contributed by atoms with Gasteiger partial charge in [0, 0.05) is 42.7 Å². The molecule has 0 unspecified atom stereocenters. The predicted molar refractivity (Wildman–Crippen MR) is 184 cm³/mol. The number of aryl methyl sites for hydroxylation is 1. The van der Waals surface area contributed by atoms with Gasteiger partial charge in [-0.2, -0.15) is 4.99 Å². The second-order valence-corrected chi connectivity index (χ2v) is 10.8. The zero-order valence-corrected chi connectivity index (χ0v) is 26.1. The number of rotatable bonds is 17. The van der Waals surface area contributed by atoms with Crippen LogP contribution in [-0.4, -0.2) is 32.8 Å². The maximum absolute atomic E-state index is 12.2. The first-order chi connectivity index (χ1) is 21.4. The fourth-order valence-corrected chi connectivity index (χ4v) is 5.20. The Morgan fingerprint density at radius 3 is 2.52 bits per heavy atom. The fraction of sp³-hybridized carbons (Fsp3) is 0.333. The number of aliphatic imine (C=N–C) groups is 1. The zero-order chi connectivity index (χ0) is 31.3. The normalized spacial score (nSPS) is 11.5. The lowest BCUT2D eigenvalue weighted by Gasteiger charge is -2.25. The first-order valence-electron chi connectivity index (χ1n) is 15.6. The molecule has 0 aliphatic carbocycles. The Morgan fingerprint density at radius 1 is 1.05 bits per heavy atom. The molecular formula is C36H45N7O. The lowest BCUT2D eigenvalue weighted by molar-refractivity contribution is -0.117. The third-order valence-electron chi connectivity index (χ3n) is 7.66. The number of unbranched alkanes of at least 4 members (excludes halogenated alkanes) is 4. The lowest BCUT2D eigenvalue weighted by Crippen LogP contribution is -2.22. The van der Waals surface area contributed by atoms with Crippen LogP contribution in [0.25, 0.3) is 16.7 Å². The maximum atomic E-state index is 12.2. The first-order valence-corrected chi connectivity index (χ1v) is 15.6. The molecule has 0 radical (unpaired) electrons. The molecular weight excluding hydrogens is 546 g/mol. The number of nitrogens with one attached hydrogen (secondary N) is 1. The number of fused-ring (bicyclic) bond motifs is 1. The Morgan fingerprint density at radius 2 is 1.82 bits per heavy atom. The lowest BCUT2D eigenvalue weighted by atomic mass is 10.1. The summed E-state index contributed by atoms with van der Waals surface area (Å²) in [6.07, 6.45) is 10.4. The number of amides is 1. The Bertz CT molecular complexity index is 1570. The van der Waals surface area contributed by atoms with Crippen LogP contribution in [0.4, 0.5) is 11.5 Å². The molecule has 8 nitrogen and oxygen atoms in total. The third-order valence-corrected chi connectivity index (χ3v) is 7.66. The van der Waals surface area contributed by atoms with E-state index in [2.05, 4.69) is 70.0 Å². The topological polar surface area (TPSA) is 101 Å². The Balaban J connectivity index is 1.43.